The van der Waals surface area contributed by atoms with Crippen molar-refractivity contribution in [3.8, 4) is 0 Å². The first-order chi connectivity index (χ1) is 9.20. The number of hydrogen-bond acceptors (Lipinski definition) is 3. The molecule has 0 aromatic heterocycles. The average molecular weight is 262 g/mol. The monoisotopic (exact) mass is 262 g/mol. The highest BCUT2D eigenvalue weighted by Crippen LogP contribution is 2.18. The summed E-state index contributed by atoms with van der Waals surface area (Å²) in [5.41, 5.74) is 7.63. The molecule has 4 nitrogen and oxygen atoms in total. The molecule has 4 heteroatoms. The number of benzene rings is 1. The molecule has 2 rings (SSSR count). The molecule has 0 unspecified atom stereocenters. The Bertz CT molecular complexity index is 434. The van der Waals surface area contributed by atoms with Crippen molar-refractivity contribution in [3.05, 3.63) is 35.4 Å². The minimum absolute atomic E-state index is 0.0353. The Kier molecular flexibility index (Phi) is 4.93. The summed E-state index contributed by atoms with van der Waals surface area (Å²) in [5.74, 6) is -0.0353. The lowest BCUT2D eigenvalue weighted by atomic mass is 9.92. The quantitative estimate of drug-likeness (QED) is 0.761. The van der Waals surface area contributed by atoms with Crippen LogP contribution in [0.4, 0.5) is 0 Å². The molecule has 1 aromatic rings. The van der Waals surface area contributed by atoms with Crippen molar-refractivity contribution < 1.29 is 9.90 Å². The molecule has 19 heavy (non-hydrogen) atoms. The molecule has 1 fully saturated rings. The molecule has 0 heterocycles. The topological polar surface area (TPSA) is 75.4 Å². The molecule has 4 N–H and O–H groups in total. The Hall–Kier alpha value is -1.39. The number of carbonyl (C=O) groups is 1. The molecule has 0 aliphatic heterocycles. The van der Waals surface area contributed by atoms with Crippen LogP contribution in [0.15, 0.2) is 24.3 Å². The molecule has 0 saturated heterocycles. The van der Waals surface area contributed by atoms with E-state index >= 15 is 0 Å². The molecule has 1 aromatic carbocycles. The molecular formula is C15H22N2O2. The summed E-state index contributed by atoms with van der Waals surface area (Å²) in [6, 6.07) is 7.62. The minimum Gasteiger partial charge on any atom is -0.391 e. The van der Waals surface area contributed by atoms with Crippen molar-refractivity contribution in [1.82, 2.24) is 5.32 Å². The van der Waals surface area contributed by atoms with Crippen LogP contribution in [0.25, 0.3) is 0 Å². The minimum atomic E-state index is -0.401. The standard InChI is InChI=1S/C15H22N2O2/c16-10-12-6-2-1-5-11(12)9-15(19)17-13-7-3-4-8-14(13)18/h1-2,5-6,13-14,18H,3-4,7-10,16H2,(H,17,19)/t13-,14-/m0/s1. The first kappa shape index (κ1) is 14.0. The van der Waals surface area contributed by atoms with E-state index in [0.29, 0.717) is 13.0 Å². The van der Waals surface area contributed by atoms with Crippen LogP contribution >= 0.6 is 0 Å². The van der Waals surface area contributed by atoms with E-state index in [-0.39, 0.29) is 11.9 Å². The van der Waals surface area contributed by atoms with Gasteiger partial charge in [0, 0.05) is 6.54 Å². The van der Waals surface area contributed by atoms with Crippen LogP contribution in [-0.4, -0.2) is 23.2 Å². The van der Waals surface area contributed by atoms with Gasteiger partial charge in [-0.05, 0) is 24.0 Å². The molecule has 0 spiro atoms. The molecule has 1 saturated carbocycles. The van der Waals surface area contributed by atoms with Gasteiger partial charge in [-0.3, -0.25) is 4.79 Å². The van der Waals surface area contributed by atoms with Crippen molar-refractivity contribution >= 4 is 5.91 Å². The Morgan fingerprint density at radius 2 is 1.95 bits per heavy atom. The largest absolute Gasteiger partial charge is 0.391 e. The van der Waals surface area contributed by atoms with Gasteiger partial charge >= 0.3 is 0 Å². The van der Waals surface area contributed by atoms with Gasteiger partial charge in [-0.2, -0.15) is 0 Å². The molecule has 0 bridgehead atoms. The van der Waals surface area contributed by atoms with Gasteiger partial charge in [-0.25, -0.2) is 0 Å². The Morgan fingerprint density at radius 1 is 1.26 bits per heavy atom. The van der Waals surface area contributed by atoms with Gasteiger partial charge in [0.2, 0.25) is 5.91 Å². The van der Waals surface area contributed by atoms with Crippen LogP contribution in [0, 0.1) is 0 Å². The molecule has 1 aliphatic rings. The van der Waals surface area contributed by atoms with Crippen LogP contribution < -0.4 is 11.1 Å². The molecule has 2 atom stereocenters. The third kappa shape index (κ3) is 3.78. The summed E-state index contributed by atoms with van der Waals surface area (Å²) in [7, 11) is 0. The number of nitrogens with one attached hydrogen (secondary N) is 1. The van der Waals surface area contributed by atoms with E-state index in [1.165, 1.54) is 0 Å². The van der Waals surface area contributed by atoms with Crippen LogP contribution in [0.2, 0.25) is 0 Å². The Morgan fingerprint density at radius 3 is 2.63 bits per heavy atom. The van der Waals surface area contributed by atoms with Gasteiger partial charge < -0.3 is 16.2 Å². The average Bonchev–Trinajstić information content (AvgIpc) is 2.42. The summed E-state index contributed by atoms with van der Waals surface area (Å²) in [6.07, 6.45) is 3.69. The lowest BCUT2D eigenvalue weighted by molar-refractivity contribution is -0.122. The fourth-order valence-corrected chi connectivity index (χ4v) is 2.64. The summed E-state index contributed by atoms with van der Waals surface area (Å²) in [6.45, 7) is 0.440. The number of nitrogens with two attached hydrogens (primary N) is 1. The summed E-state index contributed by atoms with van der Waals surface area (Å²) in [4.78, 5) is 12.0. The van der Waals surface area contributed by atoms with Gasteiger partial charge in [0.25, 0.3) is 0 Å². The van der Waals surface area contributed by atoms with Gasteiger partial charge in [-0.15, -0.1) is 0 Å². The smallest absolute Gasteiger partial charge is 0.224 e. The molecule has 104 valence electrons. The number of amides is 1. The van der Waals surface area contributed by atoms with Crippen LogP contribution in [0.3, 0.4) is 0 Å². The second-order valence-electron chi connectivity index (χ2n) is 5.18. The zero-order valence-corrected chi connectivity index (χ0v) is 11.1. The predicted molar refractivity (Wildman–Crippen MR) is 74.4 cm³/mol. The van der Waals surface area contributed by atoms with Crippen LogP contribution in [-0.2, 0) is 17.8 Å². The van der Waals surface area contributed by atoms with E-state index in [4.69, 9.17) is 5.73 Å². The lowest BCUT2D eigenvalue weighted by Gasteiger charge is -2.28. The third-order valence-electron chi connectivity index (χ3n) is 3.77. The summed E-state index contributed by atoms with van der Waals surface area (Å²) in [5, 5.41) is 12.8. The Balaban J connectivity index is 1.93. The van der Waals surface area contributed by atoms with Gasteiger partial charge in [0.1, 0.15) is 0 Å². The fourth-order valence-electron chi connectivity index (χ4n) is 2.64. The second kappa shape index (κ2) is 6.68. The van der Waals surface area contributed by atoms with Gasteiger partial charge in [0.15, 0.2) is 0 Å². The van der Waals surface area contributed by atoms with Crippen molar-refractivity contribution in [2.24, 2.45) is 5.73 Å². The molecular weight excluding hydrogens is 240 g/mol. The maximum atomic E-state index is 12.0. The van der Waals surface area contributed by atoms with E-state index in [9.17, 15) is 9.90 Å². The molecule has 1 aliphatic carbocycles. The number of carbonyl (C=O) groups excluding carboxylic acids is 1. The van der Waals surface area contributed by atoms with Crippen LogP contribution in [0.1, 0.15) is 36.8 Å². The number of hydrogen-bond donors (Lipinski definition) is 3. The summed E-state index contributed by atoms with van der Waals surface area (Å²) >= 11 is 0. The zero-order valence-electron chi connectivity index (χ0n) is 11.1. The highest BCUT2D eigenvalue weighted by molar-refractivity contribution is 5.79. The van der Waals surface area contributed by atoms with Crippen molar-refractivity contribution in [1.29, 1.82) is 0 Å². The maximum absolute atomic E-state index is 12.0. The van der Waals surface area contributed by atoms with Gasteiger partial charge in [-0.1, -0.05) is 37.1 Å². The highest BCUT2D eigenvalue weighted by atomic mass is 16.3. The number of aliphatic hydroxyl groups excluding tert-OH is 1. The molecule has 1 amide bonds. The van der Waals surface area contributed by atoms with Crippen molar-refractivity contribution in [2.75, 3.05) is 0 Å². The van der Waals surface area contributed by atoms with E-state index < -0.39 is 6.10 Å². The first-order valence-electron chi connectivity index (χ1n) is 6.95. The number of rotatable bonds is 4. The zero-order chi connectivity index (χ0) is 13.7. The van der Waals surface area contributed by atoms with Crippen LogP contribution in [0.5, 0.6) is 0 Å². The second-order valence-corrected chi connectivity index (χ2v) is 5.18. The summed E-state index contributed by atoms with van der Waals surface area (Å²) < 4.78 is 0. The van der Waals surface area contributed by atoms with E-state index in [2.05, 4.69) is 5.32 Å². The first-order valence-corrected chi connectivity index (χ1v) is 6.95. The van der Waals surface area contributed by atoms with E-state index in [1.807, 2.05) is 24.3 Å². The normalized spacial score (nSPS) is 23.1. The highest BCUT2D eigenvalue weighted by Gasteiger charge is 2.24. The van der Waals surface area contributed by atoms with Crippen molar-refractivity contribution in [3.63, 3.8) is 0 Å². The molecule has 0 radical (unpaired) electrons. The number of aliphatic hydroxyl groups is 1. The van der Waals surface area contributed by atoms with E-state index in [1.54, 1.807) is 0 Å². The van der Waals surface area contributed by atoms with Gasteiger partial charge in [0.05, 0.1) is 18.6 Å². The van der Waals surface area contributed by atoms with Crippen molar-refractivity contribution in [2.45, 2.75) is 50.8 Å². The SMILES string of the molecule is NCc1ccccc1CC(=O)N[C@H]1CCCC[C@@H]1O. The predicted octanol–water partition coefficient (Wildman–Crippen LogP) is 1.11. The van der Waals surface area contributed by atoms with E-state index in [0.717, 1.165) is 36.8 Å². The Labute approximate surface area is 114 Å². The fraction of sp³-hybridized carbons (Fsp3) is 0.533. The maximum Gasteiger partial charge on any atom is 0.224 e. The third-order valence-corrected chi connectivity index (χ3v) is 3.77. The lowest BCUT2D eigenvalue weighted by Crippen LogP contribution is -2.45.